The molecular weight excluding hydrogens is 532 g/mol. The third-order valence-electron chi connectivity index (χ3n) is 17.2. The quantitative estimate of drug-likeness (QED) is 0.316. The second kappa shape index (κ2) is 13.1. The van der Waals surface area contributed by atoms with Gasteiger partial charge in [-0.05, 0) is 150 Å². The van der Waals surface area contributed by atoms with Crippen molar-refractivity contribution in [3.8, 4) is 0 Å². The van der Waals surface area contributed by atoms with Gasteiger partial charge < -0.3 is 0 Å². The Morgan fingerprint density at radius 1 is 0.250 bits per heavy atom. The van der Waals surface area contributed by atoms with E-state index in [1.165, 1.54) is 64.2 Å². The SMILES string of the molecule is C1CCC(C2CCC(N3C4CCCCC4C4CCC(C5CCC6C7CCCCC7N(C7CCCCC7)C6C5)CC43)CC2)CC1. The Hall–Kier alpha value is -0.0800. The Bertz CT molecular complexity index is 941. The monoisotopic (exact) mass is 603 g/mol. The van der Waals surface area contributed by atoms with Crippen LogP contribution in [0.4, 0.5) is 0 Å². The summed E-state index contributed by atoms with van der Waals surface area (Å²) in [5.74, 6) is 8.57. The van der Waals surface area contributed by atoms with E-state index < -0.39 is 0 Å². The van der Waals surface area contributed by atoms with Gasteiger partial charge in [-0.1, -0.05) is 77.0 Å². The minimum Gasteiger partial charge on any atom is -0.294 e. The number of fused-ring (bicyclic) bond motifs is 6. The molecule has 10 atom stereocenters. The zero-order valence-electron chi connectivity index (χ0n) is 28.8. The third-order valence-corrected chi connectivity index (χ3v) is 17.2. The van der Waals surface area contributed by atoms with E-state index in [-0.39, 0.29) is 0 Å². The minimum atomic E-state index is 0.949. The smallest absolute Gasteiger partial charge is 0.0135 e. The van der Waals surface area contributed by atoms with Gasteiger partial charge in [0.2, 0.25) is 0 Å². The maximum atomic E-state index is 3.35. The molecule has 0 N–H and O–H groups in total. The predicted octanol–water partition coefficient (Wildman–Crippen LogP) is 10.8. The second-order valence-electron chi connectivity index (χ2n) is 18.8. The van der Waals surface area contributed by atoms with E-state index in [0.717, 1.165) is 83.6 Å². The molecule has 2 aliphatic heterocycles. The van der Waals surface area contributed by atoms with Gasteiger partial charge in [-0.2, -0.15) is 0 Å². The topological polar surface area (TPSA) is 6.48 Å². The molecule has 9 aliphatic rings. The van der Waals surface area contributed by atoms with Crippen LogP contribution in [0.2, 0.25) is 0 Å². The van der Waals surface area contributed by atoms with E-state index in [9.17, 15) is 0 Å². The van der Waals surface area contributed by atoms with Crippen molar-refractivity contribution in [1.82, 2.24) is 9.80 Å². The molecule has 0 spiro atoms. The zero-order valence-corrected chi connectivity index (χ0v) is 28.8. The van der Waals surface area contributed by atoms with Crippen LogP contribution in [0, 0.1) is 47.3 Å². The number of hydrogen-bond acceptors (Lipinski definition) is 2. The molecule has 7 aliphatic carbocycles. The maximum absolute atomic E-state index is 3.35. The number of hydrogen-bond donors (Lipinski definition) is 0. The molecule has 248 valence electrons. The summed E-state index contributed by atoms with van der Waals surface area (Å²) in [6.07, 6.45) is 43.7. The van der Waals surface area contributed by atoms with Crippen molar-refractivity contribution in [3.05, 3.63) is 0 Å². The van der Waals surface area contributed by atoms with Gasteiger partial charge in [-0.15, -0.1) is 0 Å². The van der Waals surface area contributed by atoms with E-state index >= 15 is 0 Å². The fourth-order valence-electron chi connectivity index (χ4n) is 15.4. The number of nitrogens with zero attached hydrogens (tertiary/aromatic N) is 2. The Balaban J connectivity index is 0.907. The van der Waals surface area contributed by atoms with E-state index in [2.05, 4.69) is 9.80 Å². The van der Waals surface area contributed by atoms with Crippen molar-refractivity contribution in [2.24, 2.45) is 47.3 Å². The molecule has 0 aromatic heterocycles. The van der Waals surface area contributed by atoms with Gasteiger partial charge in [0.1, 0.15) is 0 Å². The largest absolute Gasteiger partial charge is 0.294 e. The lowest BCUT2D eigenvalue weighted by molar-refractivity contribution is 0.0125. The fraction of sp³-hybridized carbons (Fsp3) is 1.00. The molecule has 10 unspecified atom stereocenters. The first-order valence-corrected chi connectivity index (χ1v) is 21.4. The summed E-state index contributed by atoms with van der Waals surface area (Å²) in [5.41, 5.74) is 0. The molecule has 2 saturated heterocycles. The van der Waals surface area contributed by atoms with Crippen molar-refractivity contribution in [2.45, 2.75) is 216 Å². The Morgan fingerprint density at radius 2 is 0.636 bits per heavy atom. The molecule has 0 bridgehead atoms. The van der Waals surface area contributed by atoms with E-state index in [1.807, 2.05) is 0 Å². The van der Waals surface area contributed by atoms with Crippen LogP contribution >= 0.6 is 0 Å². The van der Waals surface area contributed by atoms with Crippen LogP contribution in [0.15, 0.2) is 0 Å². The Morgan fingerprint density at radius 3 is 1.18 bits per heavy atom. The highest BCUT2D eigenvalue weighted by Crippen LogP contribution is 2.57. The normalized spacial score (nSPS) is 49.6. The van der Waals surface area contributed by atoms with Crippen LogP contribution in [0.3, 0.4) is 0 Å². The van der Waals surface area contributed by atoms with Crippen LogP contribution in [-0.2, 0) is 0 Å². The van der Waals surface area contributed by atoms with Crippen molar-refractivity contribution >= 4 is 0 Å². The van der Waals surface area contributed by atoms with Gasteiger partial charge >= 0.3 is 0 Å². The fourth-order valence-corrected chi connectivity index (χ4v) is 15.4. The van der Waals surface area contributed by atoms with Crippen molar-refractivity contribution < 1.29 is 0 Å². The van der Waals surface area contributed by atoms with Gasteiger partial charge in [-0.3, -0.25) is 9.80 Å². The minimum absolute atomic E-state index is 0.949. The van der Waals surface area contributed by atoms with Crippen molar-refractivity contribution in [3.63, 3.8) is 0 Å². The van der Waals surface area contributed by atoms with Crippen LogP contribution in [0.25, 0.3) is 0 Å². The van der Waals surface area contributed by atoms with Gasteiger partial charge in [0.25, 0.3) is 0 Å². The highest BCUT2D eigenvalue weighted by atomic mass is 15.3. The standard InChI is InChI=1S/C42H70N2/c1-3-11-29(12-4-1)30-19-23-34(24-20-30)44-40-18-10-8-16-36(40)38-26-22-32(28-42(38)44)31-21-25-37-35-15-7-9-17-39(35)43(41(37)27-31)33-13-5-2-6-14-33/h29-42H,1-28H2. The van der Waals surface area contributed by atoms with Gasteiger partial charge in [-0.25, -0.2) is 0 Å². The van der Waals surface area contributed by atoms with E-state index in [1.54, 1.807) is 116 Å². The van der Waals surface area contributed by atoms with Crippen molar-refractivity contribution in [2.75, 3.05) is 0 Å². The summed E-state index contributed by atoms with van der Waals surface area (Å²) >= 11 is 0. The molecule has 9 fully saturated rings. The molecule has 2 nitrogen and oxygen atoms in total. The summed E-state index contributed by atoms with van der Waals surface area (Å²) in [6, 6.07) is 5.80. The molecule has 0 aromatic carbocycles. The van der Waals surface area contributed by atoms with Crippen LogP contribution in [0.5, 0.6) is 0 Å². The molecule has 2 heteroatoms. The molecule has 7 saturated carbocycles. The first-order chi connectivity index (χ1) is 21.8. The number of likely N-dealkylation sites (tertiary alicyclic amines) is 2. The first kappa shape index (κ1) is 30.0. The van der Waals surface area contributed by atoms with Crippen LogP contribution < -0.4 is 0 Å². The van der Waals surface area contributed by atoms with Gasteiger partial charge in [0.05, 0.1) is 0 Å². The molecule has 2 heterocycles. The average molecular weight is 603 g/mol. The molecule has 0 radical (unpaired) electrons. The molecule has 9 rings (SSSR count). The molecular formula is C42H70N2. The molecule has 0 amide bonds. The highest BCUT2D eigenvalue weighted by molar-refractivity contribution is 5.10. The lowest BCUT2D eigenvalue weighted by Crippen LogP contribution is -2.50. The summed E-state index contributed by atoms with van der Waals surface area (Å²) in [5, 5.41) is 0. The molecule has 44 heavy (non-hydrogen) atoms. The van der Waals surface area contributed by atoms with E-state index in [4.69, 9.17) is 0 Å². The lowest BCUT2D eigenvalue weighted by Gasteiger charge is -2.48. The average Bonchev–Trinajstić information content (AvgIpc) is 3.61. The summed E-state index contributed by atoms with van der Waals surface area (Å²) in [7, 11) is 0. The van der Waals surface area contributed by atoms with Crippen LogP contribution in [0.1, 0.15) is 180 Å². The third kappa shape index (κ3) is 5.41. The zero-order chi connectivity index (χ0) is 29.0. The maximum Gasteiger partial charge on any atom is 0.0135 e. The van der Waals surface area contributed by atoms with Crippen LogP contribution in [-0.4, -0.2) is 46.1 Å². The highest BCUT2D eigenvalue weighted by Gasteiger charge is 2.56. The lowest BCUT2D eigenvalue weighted by atomic mass is 9.63. The van der Waals surface area contributed by atoms with Gasteiger partial charge in [0.15, 0.2) is 0 Å². The summed E-state index contributed by atoms with van der Waals surface area (Å²) < 4.78 is 0. The first-order valence-electron chi connectivity index (χ1n) is 21.4. The Labute approximate surface area is 272 Å². The summed E-state index contributed by atoms with van der Waals surface area (Å²) in [4.78, 5) is 6.65. The van der Waals surface area contributed by atoms with Gasteiger partial charge in [0, 0.05) is 36.3 Å². The predicted molar refractivity (Wildman–Crippen MR) is 184 cm³/mol. The Kier molecular flexibility index (Phi) is 8.93. The molecule has 0 aromatic rings. The summed E-state index contributed by atoms with van der Waals surface area (Å²) in [6.45, 7) is 0. The van der Waals surface area contributed by atoms with Crippen molar-refractivity contribution in [1.29, 1.82) is 0 Å². The second-order valence-corrected chi connectivity index (χ2v) is 18.8. The van der Waals surface area contributed by atoms with E-state index in [0.29, 0.717) is 0 Å². The number of rotatable bonds is 4.